The molecule has 0 unspecified atom stereocenters. The van der Waals surface area contributed by atoms with Gasteiger partial charge in [0.15, 0.2) is 0 Å². The summed E-state index contributed by atoms with van der Waals surface area (Å²) in [5.74, 6) is 0.904. The van der Waals surface area contributed by atoms with E-state index in [0.29, 0.717) is 11.3 Å². The Labute approximate surface area is 142 Å². The highest BCUT2D eigenvalue weighted by Crippen LogP contribution is 2.13. The molecule has 2 aromatic heterocycles. The summed E-state index contributed by atoms with van der Waals surface area (Å²) in [5.41, 5.74) is 0.830. The zero-order valence-electron chi connectivity index (χ0n) is 13.5. The Bertz CT molecular complexity index is 932. The van der Waals surface area contributed by atoms with Crippen LogP contribution >= 0.6 is 0 Å². The van der Waals surface area contributed by atoms with Crippen LogP contribution in [0.15, 0.2) is 51.9 Å². The van der Waals surface area contributed by atoms with Gasteiger partial charge in [0, 0.05) is 6.20 Å². The molecule has 0 aliphatic carbocycles. The van der Waals surface area contributed by atoms with Crippen molar-refractivity contribution in [3.05, 3.63) is 64.4 Å². The number of hydrogen-bond donors (Lipinski definition) is 2. The monoisotopic (exact) mass is 340 g/mol. The number of aromatic amines is 1. The Hall–Kier alpha value is -3.42. The molecule has 2 N–H and O–H groups in total. The Kier molecular flexibility index (Phi) is 4.89. The second kappa shape index (κ2) is 7.43. The van der Waals surface area contributed by atoms with Gasteiger partial charge in [-0.05, 0) is 29.8 Å². The first kappa shape index (κ1) is 16.4. The fourth-order valence-corrected chi connectivity index (χ4v) is 2.24. The number of aromatic nitrogens is 3. The number of amides is 1. The summed E-state index contributed by atoms with van der Waals surface area (Å²) in [6.45, 7) is 0.0839. The maximum absolute atomic E-state index is 12.0. The fraction of sp³-hybridized carbons (Fsp3) is 0.176. The topological polar surface area (TPSA) is 110 Å². The van der Waals surface area contributed by atoms with Crippen LogP contribution in [-0.4, -0.2) is 28.1 Å². The number of carbonyl (C=O) groups is 1. The number of pyridine rings is 1. The van der Waals surface area contributed by atoms with E-state index in [1.807, 2.05) is 18.2 Å². The van der Waals surface area contributed by atoms with Gasteiger partial charge in [-0.25, -0.2) is 0 Å². The molecular formula is C17H16N4O4. The van der Waals surface area contributed by atoms with Crippen LogP contribution in [0, 0.1) is 0 Å². The summed E-state index contributed by atoms with van der Waals surface area (Å²) in [4.78, 5) is 30.4. The van der Waals surface area contributed by atoms with Gasteiger partial charge in [-0.2, -0.15) is 4.98 Å². The van der Waals surface area contributed by atoms with Crippen molar-refractivity contribution in [2.75, 3.05) is 7.11 Å². The lowest BCUT2D eigenvalue weighted by Crippen LogP contribution is -2.24. The van der Waals surface area contributed by atoms with Crippen molar-refractivity contribution in [3.8, 4) is 17.1 Å². The molecule has 1 amide bonds. The molecule has 3 rings (SSSR count). The van der Waals surface area contributed by atoms with Gasteiger partial charge in [0.25, 0.3) is 5.56 Å². The van der Waals surface area contributed by atoms with E-state index in [0.717, 1.165) is 5.56 Å². The van der Waals surface area contributed by atoms with Crippen molar-refractivity contribution in [1.29, 1.82) is 0 Å². The molecule has 0 bridgehead atoms. The van der Waals surface area contributed by atoms with E-state index in [1.165, 1.54) is 6.20 Å². The molecule has 3 aromatic rings. The van der Waals surface area contributed by atoms with E-state index in [9.17, 15) is 9.59 Å². The molecule has 0 aliphatic rings. The van der Waals surface area contributed by atoms with Crippen molar-refractivity contribution in [2.45, 2.75) is 13.0 Å². The molecule has 0 atom stereocenters. The molecule has 0 fully saturated rings. The van der Waals surface area contributed by atoms with Crippen LogP contribution in [-0.2, 0) is 17.8 Å². The first-order valence-electron chi connectivity index (χ1n) is 7.56. The third-order valence-electron chi connectivity index (χ3n) is 3.46. The standard InChI is InChI=1S/C17H16N4O4/c1-24-12-5-2-4-11(8-12)9-14(22)19-10-15-20-16(21-25-15)13-6-3-7-18-17(13)23/h2-8H,9-10H2,1H3,(H,18,23)(H,19,22). The molecule has 0 saturated carbocycles. The van der Waals surface area contributed by atoms with E-state index in [-0.39, 0.29) is 36.1 Å². The predicted molar refractivity (Wildman–Crippen MR) is 88.9 cm³/mol. The number of H-pyrrole nitrogens is 1. The Morgan fingerprint density at radius 2 is 2.20 bits per heavy atom. The Morgan fingerprint density at radius 3 is 3.00 bits per heavy atom. The zero-order valence-corrected chi connectivity index (χ0v) is 13.5. The van der Waals surface area contributed by atoms with Crippen molar-refractivity contribution in [3.63, 3.8) is 0 Å². The SMILES string of the molecule is COc1cccc(CC(=O)NCc2nc(-c3ccc[nH]c3=O)no2)c1. The number of carbonyl (C=O) groups excluding carboxylic acids is 1. The van der Waals surface area contributed by atoms with Gasteiger partial charge in [-0.1, -0.05) is 17.3 Å². The summed E-state index contributed by atoms with van der Waals surface area (Å²) >= 11 is 0. The van der Waals surface area contributed by atoms with Crippen LogP contribution in [0.25, 0.3) is 11.4 Å². The first-order chi connectivity index (χ1) is 12.2. The Balaban J connectivity index is 1.59. The first-order valence-corrected chi connectivity index (χ1v) is 7.56. The molecule has 25 heavy (non-hydrogen) atoms. The van der Waals surface area contributed by atoms with Crippen molar-refractivity contribution in [1.82, 2.24) is 20.4 Å². The predicted octanol–water partition coefficient (Wildman–Crippen LogP) is 1.29. The summed E-state index contributed by atoms with van der Waals surface area (Å²) in [6, 6.07) is 10.5. The number of nitrogens with one attached hydrogen (secondary N) is 2. The highest BCUT2D eigenvalue weighted by molar-refractivity contribution is 5.78. The van der Waals surface area contributed by atoms with Gasteiger partial charge < -0.3 is 19.6 Å². The number of rotatable bonds is 6. The largest absolute Gasteiger partial charge is 0.497 e. The van der Waals surface area contributed by atoms with Crippen molar-refractivity contribution >= 4 is 5.91 Å². The van der Waals surface area contributed by atoms with Crippen LogP contribution < -0.4 is 15.6 Å². The molecule has 1 aromatic carbocycles. The van der Waals surface area contributed by atoms with Crippen LogP contribution in [0.5, 0.6) is 5.75 Å². The highest BCUT2D eigenvalue weighted by Gasteiger charge is 2.12. The molecular weight excluding hydrogens is 324 g/mol. The van der Waals surface area contributed by atoms with E-state index in [2.05, 4.69) is 20.4 Å². The van der Waals surface area contributed by atoms with Crippen LogP contribution in [0.3, 0.4) is 0 Å². The summed E-state index contributed by atoms with van der Waals surface area (Å²) < 4.78 is 10.2. The smallest absolute Gasteiger partial charge is 0.259 e. The molecule has 8 heteroatoms. The van der Waals surface area contributed by atoms with Gasteiger partial charge in [-0.15, -0.1) is 0 Å². The minimum Gasteiger partial charge on any atom is -0.497 e. The third kappa shape index (κ3) is 4.11. The number of ether oxygens (including phenoxy) is 1. The fourth-order valence-electron chi connectivity index (χ4n) is 2.24. The maximum Gasteiger partial charge on any atom is 0.259 e. The second-order valence-corrected chi connectivity index (χ2v) is 5.23. The maximum atomic E-state index is 12.0. The van der Waals surface area contributed by atoms with Gasteiger partial charge in [0.1, 0.15) is 5.75 Å². The molecule has 128 valence electrons. The summed E-state index contributed by atoms with van der Waals surface area (Å²) in [5, 5.41) is 6.46. The molecule has 0 aliphatic heterocycles. The van der Waals surface area contributed by atoms with Crippen molar-refractivity contribution in [2.24, 2.45) is 0 Å². The quantitative estimate of drug-likeness (QED) is 0.700. The number of nitrogens with zero attached hydrogens (tertiary/aromatic N) is 2. The normalized spacial score (nSPS) is 10.4. The number of methoxy groups -OCH3 is 1. The molecule has 0 spiro atoms. The third-order valence-corrected chi connectivity index (χ3v) is 3.46. The van der Waals surface area contributed by atoms with E-state index >= 15 is 0 Å². The van der Waals surface area contributed by atoms with Gasteiger partial charge in [0.05, 0.1) is 25.6 Å². The summed E-state index contributed by atoms with van der Waals surface area (Å²) in [7, 11) is 1.57. The second-order valence-electron chi connectivity index (χ2n) is 5.23. The lowest BCUT2D eigenvalue weighted by molar-refractivity contribution is -0.120. The average Bonchev–Trinajstić information content (AvgIpc) is 3.09. The molecule has 0 saturated heterocycles. The van der Waals surface area contributed by atoms with E-state index in [1.54, 1.807) is 25.3 Å². The van der Waals surface area contributed by atoms with Gasteiger partial charge >= 0.3 is 0 Å². The van der Waals surface area contributed by atoms with Crippen LogP contribution in [0.4, 0.5) is 0 Å². The molecule has 2 heterocycles. The number of hydrogen-bond acceptors (Lipinski definition) is 6. The highest BCUT2D eigenvalue weighted by atomic mass is 16.5. The van der Waals surface area contributed by atoms with Crippen LogP contribution in [0.1, 0.15) is 11.5 Å². The number of benzene rings is 1. The minimum absolute atomic E-state index is 0.0839. The molecule has 0 radical (unpaired) electrons. The van der Waals surface area contributed by atoms with E-state index in [4.69, 9.17) is 9.26 Å². The van der Waals surface area contributed by atoms with Crippen LogP contribution in [0.2, 0.25) is 0 Å². The molecule has 8 nitrogen and oxygen atoms in total. The van der Waals surface area contributed by atoms with Crippen molar-refractivity contribution < 1.29 is 14.1 Å². The average molecular weight is 340 g/mol. The zero-order chi connectivity index (χ0) is 17.6. The van der Waals surface area contributed by atoms with Gasteiger partial charge in [-0.3, -0.25) is 9.59 Å². The lowest BCUT2D eigenvalue weighted by atomic mass is 10.1. The minimum atomic E-state index is -0.308. The lowest BCUT2D eigenvalue weighted by Gasteiger charge is -2.04. The van der Waals surface area contributed by atoms with Gasteiger partial charge in [0.2, 0.25) is 17.6 Å². The Morgan fingerprint density at radius 1 is 1.32 bits per heavy atom. The van der Waals surface area contributed by atoms with E-state index < -0.39 is 0 Å². The summed E-state index contributed by atoms with van der Waals surface area (Å²) in [6.07, 6.45) is 1.72.